The van der Waals surface area contributed by atoms with Crippen molar-refractivity contribution in [2.75, 3.05) is 0 Å². The molecular formula is C38H34N2OS. The Bertz CT molecular complexity index is 1940. The summed E-state index contributed by atoms with van der Waals surface area (Å²) in [6, 6.07) is 35.5. The standard InChI is InChI=1S/C38H34N2OS/c1-24-15-16-25(2)31(19-24)27-21-32(26-11-7-6-8-12-26)36-35(22-27)42-37(40-36)30-13-9-10-14-33(30)39-23-28-20-29(38(3,4)5)17-18-34(28)41/h6-23,41H,1-5H3. The molecule has 0 saturated carbocycles. The zero-order chi connectivity index (χ0) is 29.4. The predicted octanol–water partition coefficient (Wildman–Crippen LogP) is 10.7. The number of aromatic nitrogens is 1. The summed E-state index contributed by atoms with van der Waals surface area (Å²) in [5.74, 6) is 0.218. The van der Waals surface area contributed by atoms with E-state index < -0.39 is 0 Å². The van der Waals surface area contributed by atoms with Gasteiger partial charge in [0.25, 0.3) is 0 Å². The summed E-state index contributed by atoms with van der Waals surface area (Å²) in [5.41, 5.74) is 11.8. The molecular weight excluding hydrogens is 532 g/mol. The van der Waals surface area contributed by atoms with Gasteiger partial charge < -0.3 is 5.11 Å². The van der Waals surface area contributed by atoms with Gasteiger partial charge in [0.05, 0.1) is 15.9 Å². The number of nitrogens with zero attached hydrogens (tertiary/aromatic N) is 2. The molecule has 1 aromatic heterocycles. The van der Waals surface area contributed by atoms with Crippen LogP contribution in [-0.2, 0) is 5.41 Å². The number of aliphatic imine (C=N–C) groups is 1. The lowest BCUT2D eigenvalue weighted by molar-refractivity contribution is 0.473. The lowest BCUT2D eigenvalue weighted by Gasteiger charge is -2.19. The van der Waals surface area contributed by atoms with Crippen LogP contribution in [0.5, 0.6) is 5.75 Å². The first-order valence-electron chi connectivity index (χ1n) is 14.2. The molecule has 1 heterocycles. The maximum atomic E-state index is 10.6. The predicted molar refractivity (Wildman–Crippen MR) is 179 cm³/mol. The normalized spacial score (nSPS) is 11.9. The van der Waals surface area contributed by atoms with Crippen molar-refractivity contribution in [3.63, 3.8) is 0 Å². The van der Waals surface area contributed by atoms with Gasteiger partial charge in [0.15, 0.2) is 0 Å². The van der Waals surface area contributed by atoms with Crippen LogP contribution in [0.15, 0.2) is 108 Å². The number of aryl methyl sites for hydroxylation is 2. The first-order chi connectivity index (χ1) is 20.2. The van der Waals surface area contributed by atoms with Gasteiger partial charge in [-0.3, -0.25) is 4.99 Å². The Hall–Kier alpha value is -4.54. The molecule has 0 saturated heterocycles. The van der Waals surface area contributed by atoms with E-state index >= 15 is 0 Å². The highest BCUT2D eigenvalue weighted by Crippen LogP contribution is 2.42. The molecule has 1 N–H and O–H groups in total. The second-order valence-electron chi connectivity index (χ2n) is 11.9. The maximum Gasteiger partial charge on any atom is 0.126 e. The number of aromatic hydroxyl groups is 1. The number of thiazole rings is 1. The fraction of sp³-hybridized carbons (Fsp3) is 0.158. The minimum Gasteiger partial charge on any atom is -0.507 e. The molecule has 0 bridgehead atoms. The Balaban J connectivity index is 1.49. The number of fused-ring (bicyclic) bond motifs is 1. The molecule has 3 nitrogen and oxygen atoms in total. The number of hydrogen-bond donors (Lipinski definition) is 1. The highest BCUT2D eigenvalue weighted by molar-refractivity contribution is 7.21. The van der Waals surface area contributed by atoms with Crippen molar-refractivity contribution >= 4 is 33.5 Å². The van der Waals surface area contributed by atoms with Crippen LogP contribution >= 0.6 is 11.3 Å². The monoisotopic (exact) mass is 566 g/mol. The molecule has 42 heavy (non-hydrogen) atoms. The van der Waals surface area contributed by atoms with Crippen LogP contribution < -0.4 is 0 Å². The lowest BCUT2D eigenvalue weighted by atomic mass is 9.86. The van der Waals surface area contributed by atoms with E-state index in [-0.39, 0.29) is 11.2 Å². The molecule has 0 amide bonds. The van der Waals surface area contributed by atoms with E-state index in [9.17, 15) is 5.11 Å². The molecule has 6 aromatic rings. The average Bonchev–Trinajstić information content (AvgIpc) is 3.41. The largest absolute Gasteiger partial charge is 0.507 e. The van der Waals surface area contributed by atoms with Crippen LogP contribution in [-0.4, -0.2) is 16.3 Å². The number of phenolic OH excluding ortho intramolecular Hbond substituents is 1. The molecule has 6 rings (SSSR count). The molecule has 0 fully saturated rings. The number of rotatable bonds is 5. The van der Waals surface area contributed by atoms with Crippen LogP contribution in [0.2, 0.25) is 0 Å². The topological polar surface area (TPSA) is 45.5 Å². The minimum absolute atomic E-state index is 0.0263. The second kappa shape index (κ2) is 11.0. The first-order valence-corrected chi connectivity index (χ1v) is 15.0. The van der Waals surface area contributed by atoms with Crippen molar-refractivity contribution in [2.45, 2.75) is 40.0 Å². The van der Waals surface area contributed by atoms with E-state index in [0.717, 1.165) is 43.2 Å². The van der Waals surface area contributed by atoms with Gasteiger partial charge in [-0.1, -0.05) is 93.1 Å². The van der Waals surface area contributed by atoms with Crippen molar-refractivity contribution in [1.29, 1.82) is 0 Å². The molecule has 208 valence electrons. The molecule has 0 atom stereocenters. The van der Waals surface area contributed by atoms with E-state index in [1.807, 2.05) is 36.4 Å². The molecule has 0 spiro atoms. The highest BCUT2D eigenvalue weighted by atomic mass is 32.1. The Labute approximate surface area is 251 Å². The summed E-state index contributed by atoms with van der Waals surface area (Å²) in [4.78, 5) is 10.1. The fourth-order valence-corrected chi connectivity index (χ4v) is 6.28. The SMILES string of the molecule is Cc1ccc(C)c(-c2cc(-c3ccccc3)c3nc(-c4ccccc4N=Cc4cc(C(C)(C)C)ccc4O)sc3c2)c1. The van der Waals surface area contributed by atoms with Gasteiger partial charge in [-0.15, -0.1) is 11.3 Å². The zero-order valence-corrected chi connectivity index (χ0v) is 25.5. The van der Waals surface area contributed by atoms with E-state index in [2.05, 4.69) is 95.3 Å². The van der Waals surface area contributed by atoms with Crippen LogP contribution in [0.4, 0.5) is 5.69 Å². The van der Waals surface area contributed by atoms with Gasteiger partial charge in [0.2, 0.25) is 0 Å². The van der Waals surface area contributed by atoms with Crippen LogP contribution in [0.1, 0.15) is 43.0 Å². The van der Waals surface area contributed by atoms with E-state index in [4.69, 9.17) is 9.98 Å². The summed E-state index contributed by atoms with van der Waals surface area (Å²) in [6.45, 7) is 10.8. The molecule has 0 radical (unpaired) electrons. The number of hydrogen-bond acceptors (Lipinski definition) is 4. The quantitative estimate of drug-likeness (QED) is 0.211. The Morgan fingerprint density at radius 2 is 1.50 bits per heavy atom. The van der Waals surface area contributed by atoms with Gasteiger partial charge in [-0.25, -0.2) is 4.98 Å². The highest BCUT2D eigenvalue weighted by Gasteiger charge is 2.17. The van der Waals surface area contributed by atoms with Crippen molar-refractivity contribution < 1.29 is 5.11 Å². The molecule has 5 aromatic carbocycles. The van der Waals surface area contributed by atoms with E-state index in [1.165, 1.54) is 22.3 Å². The third-order valence-electron chi connectivity index (χ3n) is 7.65. The molecule has 0 unspecified atom stereocenters. The molecule has 0 aliphatic heterocycles. The molecule has 0 aliphatic carbocycles. The summed E-state index contributed by atoms with van der Waals surface area (Å²) in [6.07, 6.45) is 1.75. The lowest BCUT2D eigenvalue weighted by Crippen LogP contribution is -2.11. The Morgan fingerprint density at radius 1 is 0.738 bits per heavy atom. The Kier molecular flexibility index (Phi) is 7.26. The number of para-hydroxylation sites is 1. The average molecular weight is 567 g/mol. The maximum absolute atomic E-state index is 10.6. The van der Waals surface area contributed by atoms with E-state index in [0.29, 0.717) is 5.56 Å². The number of phenols is 1. The first kappa shape index (κ1) is 27.6. The van der Waals surface area contributed by atoms with Gasteiger partial charge in [-0.05, 0) is 83.5 Å². The van der Waals surface area contributed by atoms with Gasteiger partial charge in [0, 0.05) is 22.9 Å². The molecule has 0 aliphatic rings. The third-order valence-corrected chi connectivity index (χ3v) is 8.69. The van der Waals surface area contributed by atoms with Gasteiger partial charge >= 0.3 is 0 Å². The van der Waals surface area contributed by atoms with E-state index in [1.54, 1.807) is 23.6 Å². The minimum atomic E-state index is -0.0263. The summed E-state index contributed by atoms with van der Waals surface area (Å²) >= 11 is 1.69. The van der Waals surface area contributed by atoms with Crippen molar-refractivity contribution in [3.8, 4) is 38.6 Å². The van der Waals surface area contributed by atoms with Crippen molar-refractivity contribution in [2.24, 2.45) is 4.99 Å². The van der Waals surface area contributed by atoms with Crippen LogP contribution in [0, 0.1) is 13.8 Å². The van der Waals surface area contributed by atoms with Crippen LogP contribution in [0.25, 0.3) is 43.0 Å². The van der Waals surface area contributed by atoms with Crippen LogP contribution in [0.3, 0.4) is 0 Å². The summed E-state index contributed by atoms with van der Waals surface area (Å²) in [5, 5.41) is 11.5. The van der Waals surface area contributed by atoms with Crippen molar-refractivity contribution in [1.82, 2.24) is 4.98 Å². The summed E-state index contributed by atoms with van der Waals surface area (Å²) < 4.78 is 1.14. The zero-order valence-electron chi connectivity index (χ0n) is 24.6. The third kappa shape index (κ3) is 5.50. The van der Waals surface area contributed by atoms with Gasteiger partial charge in [-0.2, -0.15) is 0 Å². The van der Waals surface area contributed by atoms with Gasteiger partial charge in [0.1, 0.15) is 10.8 Å². The Morgan fingerprint density at radius 3 is 2.29 bits per heavy atom. The van der Waals surface area contributed by atoms with Crippen molar-refractivity contribution in [3.05, 3.63) is 125 Å². The smallest absolute Gasteiger partial charge is 0.126 e. The fourth-order valence-electron chi connectivity index (χ4n) is 5.22. The second-order valence-corrected chi connectivity index (χ2v) is 12.9. The number of benzene rings is 5. The molecule has 4 heteroatoms. The summed E-state index contributed by atoms with van der Waals surface area (Å²) in [7, 11) is 0.